The smallest absolute Gasteiger partial charge is 0.0302 e. The maximum atomic E-state index is 5.63. The van der Waals surface area contributed by atoms with Crippen molar-refractivity contribution in [2.75, 3.05) is 6.54 Å². The van der Waals surface area contributed by atoms with Crippen LogP contribution in [-0.2, 0) is 6.42 Å². The molecule has 1 atom stereocenters. The van der Waals surface area contributed by atoms with Gasteiger partial charge in [-0.1, -0.05) is 0 Å². The fraction of sp³-hybridized carbons (Fsp3) is 0.444. The molecule has 1 aliphatic rings. The molecule has 0 saturated carbocycles. The van der Waals surface area contributed by atoms with Crippen LogP contribution in [0.1, 0.15) is 23.5 Å². The van der Waals surface area contributed by atoms with Crippen LogP contribution in [0, 0.1) is 0 Å². The van der Waals surface area contributed by atoms with Crippen LogP contribution in [0.15, 0.2) is 18.5 Å². The van der Waals surface area contributed by atoms with Crippen molar-refractivity contribution in [1.82, 2.24) is 4.98 Å². The number of rotatable bonds is 1. The number of aryl methyl sites for hydroxylation is 1. The summed E-state index contributed by atoms with van der Waals surface area (Å²) in [7, 11) is 0. The first-order chi connectivity index (χ1) is 5.42. The summed E-state index contributed by atoms with van der Waals surface area (Å²) in [6.07, 6.45) is 6.18. The van der Waals surface area contributed by atoms with Crippen molar-refractivity contribution < 1.29 is 0 Å². The zero-order chi connectivity index (χ0) is 7.68. The van der Waals surface area contributed by atoms with E-state index >= 15 is 0 Å². The van der Waals surface area contributed by atoms with Gasteiger partial charge in [-0.15, -0.1) is 0 Å². The van der Waals surface area contributed by atoms with Crippen LogP contribution in [0.3, 0.4) is 0 Å². The van der Waals surface area contributed by atoms with E-state index in [1.807, 2.05) is 12.4 Å². The Kier molecular flexibility index (Phi) is 1.62. The van der Waals surface area contributed by atoms with Gasteiger partial charge in [0.25, 0.3) is 0 Å². The van der Waals surface area contributed by atoms with E-state index in [4.69, 9.17) is 5.73 Å². The molecule has 2 rings (SSSR count). The number of nitrogens with zero attached hydrogens (tertiary/aromatic N) is 1. The van der Waals surface area contributed by atoms with E-state index in [1.165, 1.54) is 17.5 Å². The van der Waals surface area contributed by atoms with Gasteiger partial charge in [-0.3, -0.25) is 4.98 Å². The van der Waals surface area contributed by atoms with E-state index in [0.29, 0.717) is 5.92 Å². The lowest BCUT2D eigenvalue weighted by Gasteiger charge is -2.05. The monoisotopic (exact) mass is 148 g/mol. The average molecular weight is 148 g/mol. The van der Waals surface area contributed by atoms with Crippen LogP contribution in [0.2, 0.25) is 0 Å². The third-order valence-electron chi connectivity index (χ3n) is 2.43. The van der Waals surface area contributed by atoms with Crippen molar-refractivity contribution in [3.63, 3.8) is 0 Å². The largest absolute Gasteiger partial charge is 0.330 e. The summed E-state index contributed by atoms with van der Waals surface area (Å²) in [6, 6.07) is 2.10. The summed E-state index contributed by atoms with van der Waals surface area (Å²) < 4.78 is 0. The lowest BCUT2D eigenvalue weighted by atomic mass is 10.0. The highest BCUT2D eigenvalue weighted by Gasteiger charge is 2.20. The predicted octanol–water partition coefficient (Wildman–Crippen LogP) is 1.07. The van der Waals surface area contributed by atoms with Crippen LogP contribution in [0.25, 0.3) is 0 Å². The Morgan fingerprint density at radius 3 is 3.36 bits per heavy atom. The molecule has 0 radical (unpaired) electrons. The normalized spacial score (nSPS) is 21.7. The Balaban J connectivity index is 2.39. The van der Waals surface area contributed by atoms with Crippen molar-refractivity contribution >= 4 is 0 Å². The summed E-state index contributed by atoms with van der Waals surface area (Å²) in [6.45, 7) is 0.775. The lowest BCUT2D eigenvalue weighted by Crippen LogP contribution is -2.09. The first-order valence-electron chi connectivity index (χ1n) is 4.04. The molecule has 0 fully saturated rings. The van der Waals surface area contributed by atoms with Gasteiger partial charge in [-0.05, 0) is 42.5 Å². The SMILES string of the molecule is NCC1CCc2cnccc21. The molecule has 0 aromatic carbocycles. The molecule has 1 unspecified atom stereocenters. The van der Waals surface area contributed by atoms with E-state index in [2.05, 4.69) is 11.1 Å². The quantitative estimate of drug-likeness (QED) is 0.647. The van der Waals surface area contributed by atoms with E-state index in [9.17, 15) is 0 Å². The van der Waals surface area contributed by atoms with Crippen LogP contribution in [-0.4, -0.2) is 11.5 Å². The average Bonchev–Trinajstić information content (AvgIpc) is 2.47. The zero-order valence-corrected chi connectivity index (χ0v) is 6.46. The fourth-order valence-electron chi connectivity index (χ4n) is 1.78. The van der Waals surface area contributed by atoms with Gasteiger partial charge < -0.3 is 5.73 Å². The third-order valence-corrected chi connectivity index (χ3v) is 2.43. The number of nitrogens with two attached hydrogens (primary N) is 1. The van der Waals surface area contributed by atoms with E-state index in [1.54, 1.807) is 0 Å². The Bertz CT molecular complexity index is 257. The van der Waals surface area contributed by atoms with E-state index < -0.39 is 0 Å². The van der Waals surface area contributed by atoms with Crippen molar-refractivity contribution in [2.45, 2.75) is 18.8 Å². The van der Waals surface area contributed by atoms with Gasteiger partial charge in [0.15, 0.2) is 0 Å². The molecular weight excluding hydrogens is 136 g/mol. The third kappa shape index (κ3) is 1.03. The molecule has 2 heteroatoms. The van der Waals surface area contributed by atoms with Gasteiger partial charge in [-0.25, -0.2) is 0 Å². The molecule has 0 aliphatic heterocycles. The second-order valence-electron chi connectivity index (χ2n) is 3.05. The highest BCUT2D eigenvalue weighted by atomic mass is 14.6. The molecule has 0 bridgehead atoms. The summed E-state index contributed by atoms with van der Waals surface area (Å²) >= 11 is 0. The predicted molar refractivity (Wildman–Crippen MR) is 44.4 cm³/mol. The molecule has 0 amide bonds. The minimum absolute atomic E-state index is 0.591. The van der Waals surface area contributed by atoms with Gasteiger partial charge in [-0.2, -0.15) is 0 Å². The second kappa shape index (κ2) is 2.62. The van der Waals surface area contributed by atoms with Crippen LogP contribution < -0.4 is 5.73 Å². The maximum absolute atomic E-state index is 5.63. The van der Waals surface area contributed by atoms with Gasteiger partial charge in [0.1, 0.15) is 0 Å². The molecule has 2 nitrogen and oxygen atoms in total. The summed E-state index contributed by atoms with van der Waals surface area (Å²) in [4.78, 5) is 4.08. The molecule has 1 heterocycles. The van der Waals surface area contributed by atoms with Gasteiger partial charge in [0, 0.05) is 12.4 Å². The standard InChI is InChI=1S/C9H12N2/c10-5-7-1-2-8-6-11-4-3-9(7)8/h3-4,6-7H,1-2,5,10H2. The number of hydrogen-bond acceptors (Lipinski definition) is 2. The summed E-state index contributed by atoms with van der Waals surface area (Å²) in [5, 5.41) is 0. The van der Waals surface area contributed by atoms with Crippen molar-refractivity contribution in [3.05, 3.63) is 29.6 Å². The van der Waals surface area contributed by atoms with Crippen LogP contribution in [0.5, 0.6) is 0 Å². The number of hydrogen-bond donors (Lipinski definition) is 1. The molecule has 0 saturated heterocycles. The number of pyridine rings is 1. The summed E-state index contributed by atoms with van der Waals surface area (Å²) in [5.74, 6) is 0.591. The molecule has 11 heavy (non-hydrogen) atoms. The van der Waals surface area contributed by atoms with Gasteiger partial charge in [0.2, 0.25) is 0 Å². The highest BCUT2D eigenvalue weighted by Crippen LogP contribution is 2.30. The Morgan fingerprint density at radius 2 is 2.55 bits per heavy atom. The first-order valence-corrected chi connectivity index (χ1v) is 4.04. The minimum Gasteiger partial charge on any atom is -0.330 e. The first kappa shape index (κ1) is 6.80. The van der Waals surface area contributed by atoms with E-state index in [0.717, 1.165) is 13.0 Å². The molecular formula is C9H12N2. The fourth-order valence-corrected chi connectivity index (χ4v) is 1.78. The van der Waals surface area contributed by atoms with E-state index in [-0.39, 0.29) is 0 Å². The van der Waals surface area contributed by atoms with Crippen LogP contribution in [0.4, 0.5) is 0 Å². The Morgan fingerprint density at radius 1 is 1.64 bits per heavy atom. The second-order valence-corrected chi connectivity index (χ2v) is 3.05. The molecule has 2 N–H and O–H groups in total. The van der Waals surface area contributed by atoms with Crippen molar-refractivity contribution in [3.8, 4) is 0 Å². The summed E-state index contributed by atoms with van der Waals surface area (Å²) in [5.41, 5.74) is 8.44. The minimum atomic E-state index is 0.591. The molecule has 1 aliphatic carbocycles. The lowest BCUT2D eigenvalue weighted by molar-refractivity contribution is 0.688. The Labute approximate surface area is 66.4 Å². The molecule has 0 spiro atoms. The van der Waals surface area contributed by atoms with Crippen molar-refractivity contribution in [2.24, 2.45) is 5.73 Å². The van der Waals surface area contributed by atoms with Gasteiger partial charge in [0.05, 0.1) is 0 Å². The van der Waals surface area contributed by atoms with Crippen LogP contribution >= 0.6 is 0 Å². The number of aromatic nitrogens is 1. The van der Waals surface area contributed by atoms with Gasteiger partial charge >= 0.3 is 0 Å². The number of fused-ring (bicyclic) bond motifs is 1. The molecule has 58 valence electrons. The Hall–Kier alpha value is -0.890. The van der Waals surface area contributed by atoms with Crippen molar-refractivity contribution in [1.29, 1.82) is 0 Å². The maximum Gasteiger partial charge on any atom is 0.0302 e. The molecule has 1 aromatic rings. The molecule has 1 aromatic heterocycles. The highest BCUT2D eigenvalue weighted by molar-refractivity contribution is 5.32. The topological polar surface area (TPSA) is 38.9 Å². The zero-order valence-electron chi connectivity index (χ0n) is 6.46.